The second-order valence-electron chi connectivity index (χ2n) is 10.6. The Morgan fingerprint density at radius 1 is 0.800 bits per heavy atom. The van der Waals surface area contributed by atoms with Gasteiger partial charge in [0.2, 0.25) is 5.88 Å². The number of methoxy groups -OCH3 is 1. The normalized spacial score (nSPS) is 12.0. The molecule has 0 unspecified atom stereocenters. The Labute approximate surface area is 260 Å². The highest BCUT2D eigenvalue weighted by Crippen LogP contribution is 2.44. The molecule has 0 aliphatic rings. The van der Waals surface area contributed by atoms with Crippen LogP contribution in [-0.2, 0) is 5.54 Å². The Morgan fingerprint density at radius 3 is 1.76 bits per heavy atom. The van der Waals surface area contributed by atoms with Crippen LogP contribution in [0.4, 0.5) is 10.6 Å². The lowest BCUT2D eigenvalue weighted by molar-refractivity contribution is 0.0997. The Balaban J connectivity index is 1.60. The highest BCUT2D eigenvalue weighted by atomic mass is 16.5. The van der Waals surface area contributed by atoms with Crippen molar-refractivity contribution in [3.63, 3.8) is 0 Å². The molecule has 0 saturated heterocycles. The third-order valence-corrected chi connectivity index (χ3v) is 7.84. The van der Waals surface area contributed by atoms with Crippen molar-refractivity contribution in [1.82, 2.24) is 20.1 Å². The fourth-order valence-corrected chi connectivity index (χ4v) is 5.82. The number of pyridine rings is 1. The number of fused-ring (bicyclic) bond motifs is 1. The van der Waals surface area contributed by atoms with Gasteiger partial charge in [-0.2, -0.15) is 0 Å². The van der Waals surface area contributed by atoms with Gasteiger partial charge in [-0.05, 0) is 29.2 Å². The highest BCUT2D eigenvalue weighted by molar-refractivity contribution is 6.07. The third-order valence-electron chi connectivity index (χ3n) is 7.84. The van der Waals surface area contributed by atoms with Gasteiger partial charge in [-0.1, -0.05) is 121 Å². The van der Waals surface area contributed by atoms with E-state index >= 15 is 0 Å². The summed E-state index contributed by atoms with van der Waals surface area (Å²) in [6, 6.07) is 40.4. The average Bonchev–Trinajstić information content (AvgIpc) is 3.45. The van der Waals surface area contributed by atoms with Gasteiger partial charge in [-0.15, -0.1) is 5.10 Å². The van der Waals surface area contributed by atoms with E-state index in [2.05, 4.69) is 15.6 Å². The van der Waals surface area contributed by atoms with Crippen LogP contribution in [0.2, 0.25) is 0 Å². The molecule has 3 amide bonds. The smallest absolute Gasteiger partial charge is 0.320 e. The van der Waals surface area contributed by atoms with Crippen molar-refractivity contribution in [3.05, 3.63) is 155 Å². The minimum absolute atomic E-state index is 0.0786. The second-order valence-corrected chi connectivity index (χ2v) is 10.6. The molecule has 0 spiro atoms. The summed E-state index contributed by atoms with van der Waals surface area (Å²) in [7, 11) is 1.48. The van der Waals surface area contributed by atoms with E-state index in [1.54, 1.807) is 6.07 Å². The summed E-state index contributed by atoms with van der Waals surface area (Å²) >= 11 is 0. The first-order valence-electron chi connectivity index (χ1n) is 14.5. The highest BCUT2D eigenvalue weighted by Gasteiger charge is 2.42. The number of amides is 3. The molecule has 2 aromatic heterocycles. The molecule has 0 radical (unpaired) electrons. The number of ether oxygens (including phenoxy) is 1. The zero-order chi connectivity index (χ0) is 31.4. The summed E-state index contributed by atoms with van der Waals surface area (Å²) < 4.78 is 7.57. The number of hydrogen-bond donors (Lipinski definition) is 3. The zero-order valence-electron chi connectivity index (χ0n) is 24.8. The van der Waals surface area contributed by atoms with E-state index in [1.165, 1.54) is 7.11 Å². The van der Waals surface area contributed by atoms with Gasteiger partial charge in [0.15, 0.2) is 0 Å². The maximum atomic E-state index is 13.2. The van der Waals surface area contributed by atoms with Gasteiger partial charge >= 0.3 is 6.03 Å². The number of anilines is 1. The van der Waals surface area contributed by atoms with Crippen molar-refractivity contribution >= 4 is 28.7 Å². The predicted octanol–water partition coefficient (Wildman–Crippen LogP) is 6.26. The molecule has 9 nitrogen and oxygen atoms in total. The predicted molar refractivity (Wildman–Crippen MR) is 174 cm³/mol. The fraction of sp³-hybridized carbons (Fsp3) is 0.111. The van der Waals surface area contributed by atoms with Crippen LogP contribution in [0.15, 0.2) is 127 Å². The van der Waals surface area contributed by atoms with Gasteiger partial charge in [0, 0.05) is 6.07 Å². The molecular weight excluding hydrogens is 564 g/mol. The molecular formula is C36H32N6O3. The van der Waals surface area contributed by atoms with Crippen molar-refractivity contribution in [2.24, 2.45) is 5.73 Å². The van der Waals surface area contributed by atoms with Crippen LogP contribution >= 0.6 is 0 Å². The molecule has 45 heavy (non-hydrogen) atoms. The van der Waals surface area contributed by atoms with E-state index in [1.807, 2.05) is 133 Å². The zero-order valence-corrected chi connectivity index (χ0v) is 24.8. The number of aromatic nitrogens is 3. The summed E-state index contributed by atoms with van der Waals surface area (Å²) in [6.07, 6.45) is 0. The largest absolute Gasteiger partial charge is 0.479 e. The number of rotatable bonds is 9. The van der Waals surface area contributed by atoms with Gasteiger partial charge in [0.05, 0.1) is 24.1 Å². The van der Waals surface area contributed by atoms with Crippen molar-refractivity contribution < 1.29 is 14.3 Å². The lowest BCUT2D eigenvalue weighted by Gasteiger charge is -2.36. The van der Waals surface area contributed by atoms with Crippen LogP contribution in [0.3, 0.4) is 0 Å². The van der Waals surface area contributed by atoms with Crippen LogP contribution in [0.5, 0.6) is 5.88 Å². The van der Waals surface area contributed by atoms with E-state index in [9.17, 15) is 9.59 Å². The van der Waals surface area contributed by atoms with Crippen LogP contribution in [0.25, 0.3) is 10.9 Å². The molecule has 0 aliphatic carbocycles. The minimum Gasteiger partial charge on any atom is -0.479 e. The third kappa shape index (κ3) is 5.36. The Kier molecular flexibility index (Phi) is 7.99. The molecule has 9 heteroatoms. The molecule has 1 atom stereocenters. The van der Waals surface area contributed by atoms with E-state index in [4.69, 9.17) is 15.6 Å². The second kappa shape index (κ2) is 12.3. The Bertz CT molecular complexity index is 1850. The van der Waals surface area contributed by atoms with E-state index in [0.717, 1.165) is 22.3 Å². The molecule has 0 saturated carbocycles. The Morgan fingerprint density at radius 2 is 1.29 bits per heavy atom. The molecule has 6 rings (SSSR count). The minimum atomic E-state index is -1.03. The first kappa shape index (κ1) is 29.1. The number of nitrogens with zero attached hydrogens (tertiary/aromatic N) is 3. The van der Waals surface area contributed by atoms with E-state index < -0.39 is 17.5 Å². The molecule has 0 fully saturated rings. The summed E-state index contributed by atoms with van der Waals surface area (Å²) in [5, 5.41) is 11.0. The summed E-state index contributed by atoms with van der Waals surface area (Å²) in [5.74, 6) is -0.489. The van der Waals surface area contributed by atoms with Gasteiger partial charge in [0.25, 0.3) is 5.91 Å². The number of carbonyl (C=O) groups is 2. The summed E-state index contributed by atoms with van der Waals surface area (Å²) in [5.41, 5.74) is 8.94. The number of hydrogen-bond acceptors (Lipinski definition) is 5. The van der Waals surface area contributed by atoms with Crippen molar-refractivity contribution in [3.8, 4) is 5.88 Å². The SMILES string of the molecule is COc1nn(C(c2ccccc2)(c2ccccc2)c2ccccc2)c2cc(NC(=O)N[C@H](C)c3ccccc3)nc(C(N)=O)c12. The molecule has 0 bridgehead atoms. The van der Waals surface area contributed by atoms with Crippen LogP contribution < -0.4 is 21.1 Å². The van der Waals surface area contributed by atoms with Crippen molar-refractivity contribution in [2.75, 3.05) is 12.4 Å². The topological polar surface area (TPSA) is 124 Å². The number of nitrogens with one attached hydrogen (secondary N) is 2. The van der Waals surface area contributed by atoms with E-state index in [0.29, 0.717) is 10.9 Å². The molecule has 224 valence electrons. The van der Waals surface area contributed by atoms with Crippen LogP contribution in [0, 0.1) is 0 Å². The van der Waals surface area contributed by atoms with Crippen LogP contribution in [-0.4, -0.2) is 33.8 Å². The first-order chi connectivity index (χ1) is 21.9. The monoisotopic (exact) mass is 596 g/mol. The Hall–Kier alpha value is -5.96. The molecule has 0 aliphatic heterocycles. The maximum absolute atomic E-state index is 13.2. The number of nitrogens with two attached hydrogens (primary N) is 1. The summed E-state index contributed by atoms with van der Waals surface area (Å²) in [6.45, 7) is 1.88. The van der Waals surface area contributed by atoms with Crippen molar-refractivity contribution in [1.29, 1.82) is 0 Å². The first-order valence-corrected chi connectivity index (χ1v) is 14.5. The van der Waals surface area contributed by atoms with E-state index in [-0.39, 0.29) is 23.4 Å². The van der Waals surface area contributed by atoms with Crippen LogP contribution in [0.1, 0.15) is 45.7 Å². The van der Waals surface area contributed by atoms with Gasteiger partial charge in [-0.3, -0.25) is 10.1 Å². The lowest BCUT2D eigenvalue weighted by atomic mass is 9.77. The molecule has 6 aromatic rings. The fourth-order valence-electron chi connectivity index (χ4n) is 5.82. The van der Waals surface area contributed by atoms with Crippen molar-refractivity contribution in [2.45, 2.75) is 18.5 Å². The van der Waals surface area contributed by atoms with Gasteiger partial charge in [0.1, 0.15) is 17.1 Å². The summed E-state index contributed by atoms with van der Waals surface area (Å²) in [4.78, 5) is 30.5. The molecule has 2 heterocycles. The molecule has 4 N–H and O–H groups in total. The average molecular weight is 597 g/mol. The maximum Gasteiger partial charge on any atom is 0.320 e. The number of primary amides is 1. The standard InChI is InChI=1S/C36H32N6O3/c1-24(25-15-7-3-8-16-25)38-35(44)40-30-23-29-31(32(39-30)33(37)43)34(45-2)41-42(29)36(26-17-9-4-10-18-26,27-19-11-5-12-20-27)28-21-13-6-14-22-28/h3-24H,1-2H3,(H2,37,43)(H2,38,39,40,44)/t24-/m1/s1. The number of carbonyl (C=O) groups excluding carboxylic acids is 2. The van der Waals surface area contributed by atoms with Gasteiger partial charge < -0.3 is 15.8 Å². The number of benzene rings is 4. The quantitative estimate of drug-likeness (QED) is 0.170. The van der Waals surface area contributed by atoms with Gasteiger partial charge in [-0.25, -0.2) is 14.5 Å². The lowest BCUT2D eigenvalue weighted by Crippen LogP contribution is -2.38. The number of urea groups is 1. The molecule has 4 aromatic carbocycles.